The Kier molecular flexibility index (Phi) is 5.26. The Morgan fingerprint density at radius 2 is 1.67 bits per heavy atom. The van der Waals surface area contributed by atoms with Gasteiger partial charge in [0.25, 0.3) is 5.91 Å². The second-order valence-electron chi connectivity index (χ2n) is 6.05. The summed E-state index contributed by atoms with van der Waals surface area (Å²) in [6.07, 6.45) is 5.04. The van der Waals surface area contributed by atoms with Crippen molar-refractivity contribution < 1.29 is 9.53 Å². The second-order valence-corrected chi connectivity index (χ2v) is 6.05. The highest BCUT2D eigenvalue weighted by Gasteiger charge is 2.16. The lowest BCUT2D eigenvalue weighted by Crippen LogP contribution is -2.19. The zero-order valence-electron chi connectivity index (χ0n) is 13.9. The molecule has 1 aliphatic carbocycles. The summed E-state index contributed by atoms with van der Waals surface area (Å²) in [5.41, 5.74) is 4.92. The number of hydrogen-bond acceptors (Lipinski definition) is 3. The van der Waals surface area contributed by atoms with Crippen molar-refractivity contribution in [3.63, 3.8) is 0 Å². The molecule has 4 heteroatoms. The monoisotopic (exact) mass is 322 g/mol. The largest absolute Gasteiger partial charge is 0.490 e. The van der Waals surface area contributed by atoms with Gasteiger partial charge in [-0.25, -0.2) is 5.43 Å². The molecule has 1 N–H and O–H groups in total. The van der Waals surface area contributed by atoms with Crippen LogP contribution in [0.2, 0.25) is 0 Å². The molecule has 0 radical (unpaired) electrons. The lowest BCUT2D eigenvalue weighted by Gasteiger charge is -2.13. The fourth-order valence-electron chi connectivity index (χ4n) is 2.83. The van der Waals surface area contributed by atoms with E-state index in [-0.39, 0.29) is 5.91 Å². The second kappa shape index (κ2) is 7.77. The van der Waals surface area contributed by atoms with Gasteiger partial charge in [-0.1, -0.05) is 30.3 Å². The first-order valence-corrected chi connectivity index (χ1v) is 8.39. The first-order valence-electron chi connectivity index (χ1n) is 8.39. The molecule has 0 saturated heterocycles. The minimum Gasteiger partial charge on any atom is -0.490 e. The first kappa shape index (κ1) is 16.2. The number of rotatable bonds is 5. The predicted octanol–water partition coefficient (Wildman–Crippen LogP) is 4.16. The van der Waals surface area contributed by atoms with Crippen molar-refractivity contribution in [3.8, 4) is 5.75 Å². The van der Waals surface area contributed by atoms with Gasteiger partial charge in [0.05, 0.1) is 11.8 Å². The van der Waals surface area contributed by atoms with Crippen LogP contribution in [-0.2, 0) is 0 Å². The zero-order chi connectivity index (χ0) is 16.8. The summed E-state index contributed by atoms with van der Waals surface area (Å²) in [6.45, 7) is 1.87. The van der Waals surface area contributed by atoms with Crippen molar-refractivity contribution in [2.75, 3.05) is 0 Å². The van der Waals surface area contributed by atoms with Gasteiger partial charge in [0.1, 0.15) is 5.75 Å². The number of hydrogen-bond donors (Lipinski definition) is 1. The third-order valence-corrected chi connectivity index (χ3v) is 4.24. The van der Waals surface area contributed by atoms with Crippen molar-refractivity contribution in [2.45, 2.75) is 38.7 Å². The zero-order valence-corrected chi connectivity index (χ0v) is 13.9. The highest BCUT2D eigenvalue weighted by atomic mass is 16.5. The molecular formula is C20H22N2O2. The van der Waals surface area contributed by atoms with Gasteiger partial charge in [-0.3, -0.25) is 4.79 Å². The summed E-state index contributed by atoms with van der Waals surface area (Å²) in [5.74, 6) is 0.597. The lowest BCUT2D eigenvalue weighted by molar-refractivity contribution is 0.0955. The number of ether oxygens (including phenoxy) is 1. The van der Waals surface area contributed by atoms with E-state index in [0.717, 1.165) is 29.9 Å². The van der Waals surface area contributed by atoms with Crippen LogP contribution >= 0.6 is 0 Å². The van der Waals surface area contributed by atoms with Crippen LogP contribution in [0.1, 0.15) is 48.5 Å². The molecule has 2 aromatic carbocycles. The highest BCUT2D eigenvalue weighted by Crippen LogP contribution is 2.24. The number of nitrogens with one attached hydrogen (secondary N) is 1. The molecule has 0 aliphatic heterocycles. The van der Waals surface area contributed by atoms with E-state index in [0.29, 0.717) is 11.7 Å². The fraction of sp³-hybridized carbons (Fsp3) is 0.300. The molecule has 3 rings (SSSR count). The molecule has 24 heavy (non-hydrogen) atoms. The summed E-state index contributed by atoms with van der Waals surface area (Å²) in [7, 11) is 0. The highest BCUT2D eigenvalue weighted by molar-refractivity contribution is 6.00. The molecule has 0 spiro atoms. The Bertz CT molecular complexity index is 702. The molecule has 2 aromatic rings. The molecular weight excluding hydrogens is 300 g/mol. The van der Waals surface area contributed by atoms with E-state index in [1.54, 1.807) is 12.1 Å². The number of benzene rings is 2. The standard InChI is InChI=1S/C20H22N2O2/c1-15(16-7-3-2-4-8-16)21-22-20(23)17-11-13-19(14-12-17)24-18-9-5-6-10-18/h2-4,7-8,11-14,18H,5-6,9-10H2,1H3,(H,22,23). The van der Waals surface area contributed by atoms with Crippen LogP contribution in [0, 0.1) is 0 Å². The quantitative estimate of drug-likeness (QED) is 0.664. The molecule has 0 bridgehead atoms. The number of carbonyl (C=O) groups excluding carboxylic acids is 1. The number of nitrogens with zero attached hydrogens (tertiary/aromatic N) is 1. The van der Waals surface area contributed by atoms with Gasteiger partial charge in [0.15, 0.2) is 0 Å². The molecule has 1 aliphatic rings. The number of carbonyl (C=O) groups is 1. The van der Waals surface area contributed by atoms with Gasteiger partial charge < -0.3 is 4.74 Å². The normalized spacial score (nSPS) is 15.3. The maximum absolute atomic E-state index is 12.2. The van der Waals surface area contributed by atoms with E-state index in [2.05, 4.69) is 10.5 Å². The van der Waals surface area contributed by atoms with Gasteiger partial charge in [-0.2, -0.15) is 5.10 Å². The van der Waals surface area contributed by atoms with Gasteiger partial charge in [0.2, 0.25) is 0 Å². The van der Waals surface area contributed by atoms with Crippen molar-refractivity contribution in [2.24, 2.45) is 5.10 Å². The SMILES string of the molecule is CC(=NNC(=O)c1ccc(OC2CCCC2)cc1)c1ccccc1. The van der Waals surface area contributed by atoms with Crippen LogP contribution in [-0.4, -0.2) is 17.7 Å². The van der Waals surface area contributed by atoms with Gasteiger partial charge >= 0.3 is 0 Å². The molecule has 0 unspecified atom stereocenters. The Morgan fingerprint density at radius 3 is 2.33 bits per heavy atom. The van der Waals surface area contributed by atoms with Gasteiger partial charge in [-0.15, -0.1) is 0 Å². The van der Waals surface area contributed by atoms with Gasteiger partial charge in [-0.05, 0) is 62.4 Å². The van der Waals surface area contributed by atoms with Crippen LogP contribution in [0.5, 0.6) is 5.75 Å². The average molecular weight is 322 g/mol. The molecule has 1 saturated carbocycles. The summed E-state index contributed by atoms with van der Waals surface area (Å²) >= 11 is 0. The van der Waals surface area contributed by atoms with Crippen molar-refractivity contribution in [1.29, 1.82) is 0 Å². The molecule has 0 atom stereocenters. The topological polar surface area (TPSA) is 50.7 Å². The predicted molar refractivity (Wildman–Crippen MR) is 95.4 cm³/mol. The Balaban J connectivity index is 1.58. The van der Waals surface area contributed by atoms with E-state index in [4.69, 9.17) is 4.74 Å². The van der Waals surface area contributed by atoms with Crippen molar-refractivity contribution in [1.82, 2.24) is 5.43 Å². The minimum absolute atomic E-state index is 0.224. The average Bonchev–Trinajstić information content (AvgIpc) is 3.14. The van der Waals surface area contributed by atoms with Crippen LogP contribution in [0.15, 0.2) is 59.7 Å². The third kappa shape index (κ3) is 4.22. The van der Waals surface area contributed by atoms with E-state index in [9.17, 15) is 4.79 Å². The fourth-order valence-corrected chi connectivity index (χ4v) is 2.83. The summed E-state index contributed by atoms with van der Waals surface area (Å²) < 4.78 is 5.91. The van der Waals surface area contributed by atoms with E-state index in [1.807, 2.05) is 49.4 Å². The van der Waals surface area contributed by atoms with Gasteiger partial charge in [0, 0.05) is 5.56 Å². The number of amides is 1. The molecule has 4 nitrogen and oxygen atoms in total. The third-order valence-electron chi connectivity index (χ3n) is 4.24. The first-order chi connectivity index (χ1) is 11.7. The summed E-state index contributed by atoms with van der Waals surface area (Å²) in [5, 5.41) is 4.16. The lowest BCUT2D eigenvalue weighted by atomic mass is 10.1. The summed E-state index contributed by atoms with van der Waals surface area (Å²) in [4.78, 5) is 12.2. The van der Waals surface area contributed by atoms with Crippen molar-refractivity contribution >= 4 is 11.6 Å². The van der Waals surface area contributed by atoms with Crippen LogP contribution in [0.4, 0.5) is 0 Å². The minimum atomic E-state index is -0.224. The smallest absolute Gasteiger partial charge is 0.271 e. The Labute approximate surface area is 142 Å². The molecule has 0 aromatic heterocycles. The maximum Gasteiger partial charge on any atom is 0.271 e. The van der Waals surface area contributed by atoms with Crippen LogP contribution in [0.25, 0.3) is 0 Å². The Morgan fingerprint density at radius 1 is 1.00 bits per heavy atom. The van der Waals surface area contributed by atoms with E-state index in [1.165, 1.54) is 12.8 Å². The van der Waals surface area contributed by atoms with Crippen LogP contribution in [0.3, 0.4) is 0 Å². The molecule has 1 amide bonds. The molecule has 124 valence electrons. The Hall–Kier alpha value is -2.62. The molecule has 0 heterocycles. The van der Waals surface area contributed by atoms with Crippen molar-refractivity contribution in [3.05, 3.63) is 65.7 Å². The number of hydrazone groups is 1. The van der Waals surface area contributed by atoms with Crippen LogP contribution < -0.4 is 10.2 Å². The summed E-state index contributed by atoms with van der Waals surface area (Å²) in [6, 6.07) is 17.0. The van der Waals surface area contributed by atoms with E-state index >= 15 is 0 Å². The maximum atomic E-state index is 12.2. The van der Waals surface area contributed by atoms with E-state index < -0.39 is 0 Å². The molecule has 1 fully saturated rings.